The van der Waals surface area contributed by atoms with Gasteiger partial charge in [0.2, 0.25) is 5.91 Å². The summed E-state index contributed by atoms with van der Waals surface area (Å²) >= 11 is 0. The van der Waals surface area contributed by atoms with Crippen molar-refractivity contribution in [3.63, 3.8) is 0 Å². The van der Waals surface area contributed by atoms with Gasteiger partial charge < -0.3 is 15.8 Å². The average molecular weight is 339 g/mol. The molecule has 0 bridgehead atoms. The molecular formula is C18H27ClN2O2. The maximum absolute atomic E-state index is 12.3. The zero-order valence-corrected chi connectivity index (χ0v) is 14.3. The second-order valence-electron chi connectivity index (χ2n) is 6.55. The van der Waals surface area contributed by atoms with Gasteiger partial charge in [0.05, 0.1) is 0 Å². The molecule has 0 heterocycles. The molecule has 2 saturated carbocycles. The van der Waals surface area contributed by atoms with Crippen LogP contribution < -0.4 is 15.8 Å². The van der Waals surface area contributed by atoms with Gasteiger partial charge in [-0.1, -0.05) is 32.1 Å². The molecule has 0 aliphatic heterocycles. The fourth-order valence-corrected chi connectivity index (χ4v) is 3.65. The van der Waals surface area contributed by atoms with E-state index < -0.39 is 0 Å². The van der Waals surface area contributed by atoms with Crippen LogP contribution in [-0.4, -0.2) is 19.1 Å². The van der Waals surface area contributed by atoms with Gasteiger partial charge in [0.25, 0.3) is 0 Å². The number of amides is 1. The lowest BCUT2D eigenvalue weighted by Gasteiger charge is -2.21. The zero-order chi connectivity index (χ0) is 15.4. The lowest BCUT2D eigenvalue weighted by atomic mass is 9.85. The Kier molecular flexibility index (Phi) is 6.72. The normalized spacial score (nSPS) is 23.7. The Morgan fingerprint density at radius 2 is 1.87 bits per heavy atom. The summed E-state index contributed by atoms with van der Waals surface area (Å²) in [4.78, 5) is 12.3. The number of hydrogen-bond donors (Lipinski definition) is 2. The number of hydrogen-bond acceptors (Lipinski definition) is 3. The third-order valence-corrected chi connectivity index (χ3v) is 4.94. The van der Waals surface area contributed by atoms with Crippen molar-refractivity contribution in [3.05, 3.63) is 24.3 Å². The van der Waals surface area contributed by atoms with Gasteiger partial charge in [-0.25, -0.2) is 0 Å². The number of carbonyl (C=O) groups excluding carboxylic acids is 1. The van der Waals surface area contributed by atoms with E-state index in [1.54, 1.807) is 0 Å². The van der Waals surface area contributed by atoms with Crippen LogP contribution in [0, 0.1) is 17.8 Å². The number of nitrogens with one attached hydrogen (secondary N) is 1. The number of rotatable bonds is 6. The molecule has 0 saturated heterocycles. The highest BCUT2D eigenvalue weighted by molar-refractivity contribution is 5.94. The number of carbonyl (C=O) groups is 1. The highest BCUT2D eigenvalue weighted by atomic mass is 35.5. The van der Waals surface area contributed by atoms with Crippen LogP contribution >= 0.6 is 12.4 Å². The zero-order valence-electron chi connectivity index (χ0n) is 13.5. The largest absolute Gasteiger partial charge is 0.492 e. The molecule has 5 heteroatoms. The topological polar surface area (TPSA) is 64.3 Å². The molecule has 3 rings (SSSR count). The molecule has 2 aliphatic rings. The summed E-state index contributed by atoms with van der Waals surface area (Å²) in [5, 5.41) is 3.04. The fraction of sp³-hybridized carbons (Fsp3) is 0.611. The van der Waals surface area contributed by atoms with Crippen molar-refractivity contribution >= 4 is 24.0 Å². The molecule has 2 fully saturated rings. The second-order valence-corrected chi connectivity index (χ2v) is 6.55. The monoisotopic (exact) mass is 338 g/mol. The maximum Gasteiger partial charge on any atom is 0.227 e. The van der Waals surface area contributed by atoms with Crippen molar-refractivity contribution in [3.8, 4) is 5.75 Å². The molecule has 0 radical (unpaired) electrons. The first-order chi connectivity index (χ1) is 10.8. The number of halogens is 1. The molecule has 4 nitrogen and oxygen atoms in total. The molecule has 2 atom stereocenters. The predicted molar refractivity (Wildman–Crippen MR) is 95.0 cm³/mol. The third kappa shape index (κ3) is 4.85. The van der Waals surface area contributed by atoms with Gasteiger partial charge in [-0.2, -0.15) is 0 Å². The van der Waals surface area contributed by atoms with Gasteiger partial charge in [0.15, 0.2) is 0 Å². The fourth-order valence-electron chi connectivity index (χ4n) is 3.65. The smallest absolute Gasteiger partial charge is 0.227 e. The first-order valence-corrected chi connectivity index (χ1v) is 8.51. The molecular weight excluding hydrogens is 312 g/mol. The lowest BCUT2D eigenvalue weighted by Crippen LogP contribution is -2.18. The van der Waals surface area contributed by atoms with Crippen LogP contribution in [-0.2, 0) is 4.79 Å². The van der Waals surface area contributed by atoms with Crippen LogP contribution in [0.25, 0.3) is 0 Å². The van der Waals surface area contributed by atoms with Crippen LogP contribution in [0.5, 0.6) is 5.75 Å². The van der Waals surface area contributed by atoms with E-state index in [0.717, 1.165) is 23.8 Å². The first-order valence-electron chi connectivity index (χ1n) is 8.51. The quantitative estimate of drug-likeness (QED) is 0.833. The first kappa shape index (κ1) is 18.1. The number of benzene rings is 1. The molecule has 128 valence electrons. The van der Waals surface area contributed by atoms with E-state index in [1.165, 1.54) is 32.1 Å². The summed E-state index contributed by atoms with van der Waals surface area (Å²) in [5.74, 6) is 2.63. The molecule has 2 aliphatic carbocycles. The van der Waals surface area contributed by atoms with Crippen LogP contribution in [0.2, 0.25) is 0 Å². The Morgan fingerprint density at radius 1 is 1.17 bits per heavy atom. The molecule has 2 unspecified atom stereocenters. The van der Waals surface area contributed by atoms with Crippen LogP contribution in [0.1, 0.15) is 38.5 Å². The maximum atomic E-state index is 12.3. The summed E-state index contributed by atoms with van der Waals surface area (Å²) in [6, 6.07) is 7.52. The number of ether oxygens (including phenoxy) is 1. The number of nitrogens with two attached hydrogens (primary N) is 1. The molecule has 1 aromatic rings. The van der Waals surface area contributed by atoms with E-state index in [0.29, 0.717) is 19.1 Å². The van der Waals surface area contributed by atoms with E-state index in [-0.39, 0.29) is 24.2 Å². The van der Waals surface area contributed by atoms with Crippen LogP contribution in [0.4, 0.5) is 5.69 Å². The van der Waals surface area contributed by atoms with Gasteiger partial charge >= 0.3 is 0 Å². The molecule has 1 amide bonds. The second kappa shape index (κ2) is 8.55. The summed E-state index contributed by atoms with van der Waals surface area (Å²) in [6.07, 6.45) is 7.79. The van der Waals surface area contributed by atoms with Crippen molar-refractivity contribution in [2.24, 2.45) is 23.5 Å². The van der Waals surface area contributed by atoms with Crippen LogP contribution in [0.3, 0.4) is 0 Å². The minimum Gasteiger partial charge on any atom is -0.492 e. The van der Waals surface area contributed by atoms with Gasteiger partial charge in [-0.3, -0.25) is 4.79 Å². The Morgan fingerprint density at radius 3 is 2.52 bits per heavy atom. The minimum absolute atomic E-state index is 0. The van der Waals surface area contributed by atoms with E-state index in [1.807, 2.05) is 24.3 Å². The Bertz CT molecular complexity index is 500. The highest BCUT2D eigenvalue weighted by Gasteiger charge is 2.47. The molecule has 0 aromatic heterocycles. The van der Waals surface area contributed by atoms with Gasteiger partial charge in [0, 0.05) is 18.2 Å². The lowest BCUT2D eigenvalue weighted by molar-refractivity contribution is -0.117. The molecule has 1 aromatic carbocycles. The minimum atomic E-state index is 0. The molecule has 3 N–H and O–H groups in total. The Labute approximate surface area is 144 Å². The van der Waals surface area contributed by atoms with Crippen molar-refractivity contribution in [1.29, 1.82) is 0 Å². The standard InChI is InChI=1S/C18H26N2O2.ClH/c19-10-11-22-15-8-6-14(7-9-15)20-18(21)17-12-16(17)13-4-2-1-3-5-13;/h6-9,13,16-17H,1-5,10-12,19H2,(H,20,21);1H. The summed E-state index contributed by atoms with van der Waals surface area (Å²) < 4.78 is 5.43. The summed E-state index contributed by atoms with van der Waals surface area (Å²) in [5.41, 5.74) is 6.25. The van der Waals surface area contributed by atoms with Crippen molar-refractivity contribution in [2.75, 3.05) is 18.5 Å². The van der Waals surface area contributed by atoms with Crippen molar-refractivity contribution < 1.29 is 9.53 Å². The summed E-state index contributed by atoms with van der Waals surface area (Å²) in [6.45, 7) is 1.01. The van der Waals surface area contributed by atoms with Crippen LogP contribution in [0.15, 0.2) is 24.3 Å². The predicted octanol–water partition coefficient (Wildman–Crippen LogP) is 3.60. The van der Waals surface area contributed by atoms with Gasteiger partial charge in [-0.05, 0) is 42.5 Å². The van der Waals surface area contributed by atoms with E-state index in [4.69, 9.17) is 10.5 Å². The molecule has 0 spiro atoms. The van der Waals surface area contributed by atoms with Gasteiger partial charge in [-0.15, -0.1) is 12.4 Å². The van der Waals surface area contributed by atoms with Crippen molar-refractivity contribution in [1.82, 2.24) is 0 Å². The average Bonchev–Trinajstić information content (AvgIpc) is 3.36. The van der Waals surface area contributed by atoms with E-state index >= 15 is 0 Å². The summed E-state index contributed by atoms with van der Waals surface area (Å²) in [7, 11) is 0. The SMILES string of the molecule is Cl.NCCOc1ccc(NC(=O)C2CC2C2CCCCC2)cc1. The van der Waals surface area contributed by atoms with Gasteiger partial charge in [0.1, 0.15) is 12.4 Å². The Hall–Kier alpha value is -1.26. The molecule has 23 heavy (non-hydrogen) atoms. The number of anilines is 1. The van der Waals surface area contributed by atoms with E-state index in [2.05, 4.69) is 5.32 Å². The van der Waals surface area contributed by atoms with Crippen molar-refractivity contribution in [2.45, 2.75) is 38.5 Å². The highest BCUT2D eigenvalue weighted by Crippen LogP contribution is 2.49. The van der Waals surface area contributed by atoms with E-state index in [9.17, 15) is 4.79 Å². The Balaban J connectivity index is 0.00000192. The third-order valence-electron chi connectivity index (χ3n) is 4.94.